The number of thiol groups is 1. The predicted octanol–water partition coefficient (Wildman–Crippen LogP) is -0.746. The summed E-state index contributed by atoms with van der Waals surface area (Å²) in [6, 6.07) is 17.1. The number of carboxylic acid groups (broad SMARTS) is 2. The van der Waals surface area contributed by atoms with E-state index >= 15 is 0 Å². The van der Waals surface area contributed by atoms with Gasteiger partial charge in [-0.15, -0.1) is 0 Å². The normalized spacial score (nSPS) is 17.0. The molecule has 11 atom stereocenters. The van der Waals surface area contributed by atoms with Crippen molar-refractivity contribution in [3.8, 4) is 0 Å². The summed E-state index contributed by atoms with van der Waals surface area (Å²) >= 11 is 4.12. The molecule has 2 aliphatic rings. The van der Waals surface area contributed by atoms with Gasteiger partial charge in [-0.05, 0) is 86.8 Å². The number of rotatable bonds is 43. The van der Waals surface area contributed by atoms with E-state index in [4.69, 9.17) is 45.2 Å². The molecule has 0 bridgehead atoms. The maximum atomic E-state index is 14.4. The van der Waals surface area contributed by atoms with Crippen molar-refractivity contribution in [1.29, 1.82) is 0 Å². The number of aliphatic carboxylic acids is 2. The molecule has 33 heteroatoms. The van der Waals surface area contributed by atoms with Crippen LogP contribution in [0.4, 0.5) is 0 Å². The molecular formula is C70H109N19O13S. The molecule has 0 radical (unpaired) electrons. The average Bonchev–Trinajstić information content (AvgIpc) is 1.66. The quantitative estimate of drug-likeness (QED) is 0.0143. The molecule has 2 aliphatic heterocycles. The van der Waals surface area contributed by atoms with E-state index < -0.39 is 126 Å². The second-order valence-corrected chi connectivity index (χ2v) is 26.4. The van der Waals surface area contributed by atoms with E-state index in [1.165, 1.54) is 24.2 Å². The molecule has 3 aromatic rings. The monoisotopic (exact) mass is 1460 g/mol. The molecular weight excluding hydrogens is 1350 g/mol. The number of unbranched alkanes of at least 4 members (excludes halogenated alkanes) is 3. The van der Waals surface area contributed by atoms with E-state index in [1.807, 2.05) is 32.0 Å². The molecule has 2 saturated heterocycles. The summed E-state index contributed by atoms with van der Waals surface area (Å²) in [4.78, 5) is 150. The van der Waals surface area contributed by atoms with E-state index in [9.17, 15) is 58.2 Å². The van der Waals surface area contributed by atoms with Gasteiger partial charge < -0.3 is 97.2 Å². The predicted molar refractivity (Wildman–Crippen MR) is 395 cm³/mol. The fourth-order valence-electron chi connectivity index (χ4n) is 11.9. The SMILES string of the molecule is CC(C)C[C@H](NC(=O)[C@@H](Cc1ccccc1)NC(=O)[C@H](Cc1ccccc1)NC(=O)CNC(=O)[C@@H]1C[C@H](O)CN1C(=O)[C@@H]1CCCN1C(=O)[C@H](CCCN=C(N)N)NC(=O)[C@H](N)CCCN=C(N)N)C(=O)NC(CCCN=C(N)N)C(=O)O.CCCCCCC(NC(CS)C(=O)O)c1ccccc1. The van der Waals surface area contributed by atoms with Gasteiger partial charge in [0.25, 0.3) is 0 Å². The molecule has 3 aromatic carbocycles. The Bertz CT molecular complexity index is 3270. The van der Waals surface area contributed by atoms with Crippen LogP contribution in [-0.4, -0.2) is 208 Å². The van der Waals surface area contributed by atoms with E-state index in [-0.39, 0.29) is 127 Å². The largest absolute Gasteiger partial charge is 0.480 e. The van der Waals surface area contributed by atoms with Gasteiger partial charge in [0.2, 0.25) is 47.3 Å². The van der Waals surface area contributed by atoms with Gasteiger partial charge in [-0.1, -0.05) is 137 Å². The number of hydrogen-bond acceptors (Lipinski definition) is 17. The number of benzene rings is 3. The van der Waals surface area contributed by atoms with Crippen molar-refractivity contribution in [2.24, 2.45) is 61.0 Å². The Kier molecular flexibility index (Phi) is 38.4. The highest BCUT2D eigenvalue weighted by Gasteiger charge is 2.46. The van der Waals surface area contributed by atoms with Crippen LogP contribution in [0.15, 0.2) is 106 Å². The van der Waals surface area contributed by atoms with Gasteiger partial charge in [0.15, 0.2) is 17.9 Å². The zero-order valence-corrected chi connectivity index (χ0v) is 60.1. The second kappa shape index (κ2) is 46.1. The van der Waals surface area contributed by atoms with Crippen LogP contribution < -0.4 is 77.4 Å². The lowest BCUT2D eigenvalue weighted by molar-refractivity contribution is -0.148. The number of nitrogens with zero attached hydrogens (tertiary/aromatic N) is 5. The minimum atomic E-state index is -1.35. The van der Waals surface area contributed by atoms with E-state index in [0.717, 1.165) is 23.3 Å². The highest BCUT2D eigenvalue weighted by molar-refractivity contribution is 7.80. The third-order valence-electron chi connectivity index (χ3n) is 17.2. The smallest absolute Gasteiger partial charge is 0.326 e. The molecule has 0 aromatic heterocycles. The molecule has 103 heavy (non-hydrogen) atoms. The second-order valence-electron chi connectivity index (χ2n) is 26.0. The number of aliphatic hydroxyl groups is 1. The summed E-state index contributed by atoms with van der Waals surface area (Å²) in [5, 5.41) is 49.0. The summed E-state index contributed by atoms with van der Waals surface area (Å²) < 4.78 is 0. The van der Waals surface area contributed by atoms with Crippen molar-refractivity contribution in [2.75, 3.05) is 45.0 Å². The number of aliphatic hydroxyl groups excluding tert-OH is 1. The van der Waals surface area contributed by atoms with Crippen LogP contribution >= 0.6 is 12.6 Å². The highest BCUT2D eigenvalue weighted by atomic mass is 32.1. The number of amides is 8. The standard InChI is InChI=1S/C54H84N18O11.C16H25NO2S/c1-31(2)25-38(45(76)68-37(51(82)83)19-11-23-64-54(60)61)69-47(78)40(27-33-15-7-4-8-16-33)70-46(77)39(26-32-13-5-3-6-14-32)66-43(74)29-65-48(79)42-28-34(73)30-72(42)50(81)41-20-12-24-71(41)49(80)36(18-10-22-63-53(58)59)67-44(75)35(55)17-9-21-62-52(56)57;1-2-3-4-8-11-14(13-9-6-5-7-10-13)17-15(12-20)16(18)19/h3-8,13-16,31,34-42,73H,9-12,17-30,55H2,1-2H3,(H,65,79)(H,66,74)(H,67,75)(H,68,76)(H,69,78)(H,70,77)(H,82,83)(H4,56,57,62)(H4,58,59,63)(H4,60,61,64);5-7,9-10,14-15,17,20H,2-4,8,11-12H2,1H3,(H,18,19)/t34-,35+,36-,37?,38-,39-,40+,41-,42-;/m0./s1. The molecule has 5 rings (SSSR count). The summed E-state index contributed by atoms with van der Waals surface area (Å²) in [6.07, 6.45) is 6.05. The van der Waals surface area contributed by atoms with Gasteiger partial charge in [-0.25, -0.2) is 4.79 Å². The minimum Gasteiger partial charge on any atom is -0.480 e. The zero-order valence-electron chi connectivity index (χ0n) is 59.2. The number of carboxylic acids is 2. The first-order valence-corrected chi connectivity index (χ1v) is 35.7. The van der Waals surface area contributed by atoms with Gasteiger partial charge in [0.05, 0.1) is 18.7 Å². The Morgan fingerprint density at radius 2 is 1.05 bits per heavy atom. The number of aliphatic imine (C=N–C) groups is 3. The summed E-state index contributed by atoms with van der Waals surface area (Å²) in [5.41, 5.74) is 41.1. The molecule has 2 heterocycles. The zero-order chi connectivity index (χ0) is 76.0. The molecule has 0 spiro atoms. The Morgan fingerprint density at radius 3 is 1.56 bits per heavy atom. The lowest BCUT2D eigenvalue weighted by Gasteiger charge is -2.33. The number of guanidine groups is 3. The van der Waals surface area contributed by atoms with Crippen molar-refractivity contribution in [3.63, 3.8) is 0 Å². The minimum absolute atomic E-state index is 0.0187. The number of nitrogens with two attached hydrogens (primary N) is 7. The van der Waals surface area contributed by atoms with Crippen LogP contribution in [0, 0.1) is 5.92 Å². The van der Waals surface area contributed by atoms with Crippen molar-refractivity contribution >= 4 is 89.7 Å². The first-order chi connectivity index (χ1) is 49.1. The van der Waals surface area contributed by atoms with Crippen molar-refractivity contribution in [2.45, 2.75) is 196 Å². The third kappa shape index (κ3) is 31.7. The maximum Gasteiger partial charge on any atom is 0.326 e. The number of carbonyl (C=O) groups is 10. The van der Waals surface area contributed by atoms with E-state index in [2.05, 4.69) is 83.9 Å². The fraction of sp³-hybridized carbons (Fsp3) is 0.557. The van der Waals surface area contributed by atoms with Crippen LogP contribution in [0.2, 0.25) is 0 Å². The highest BCUT2D eigenvalue weighted by Crippen LogP contribution is 2.27. The molecule has 8 amide bonds. The number of hydrogen-bond donors (Lipinski definition) is 18. The van der Waals surface area contributed by atoms with Crippen molar-refractivity contribution < 1.29 is 63.3 Å². The van der Waals surface area contributed by atoms with Crippen LogP contribution in [0.25, 0.3) is 0 Å². The van der Waals surface area contributed by atoms with Crippen LogP contribution in [0.1, 0.15) is 140 Å². The Labute approximate surface area is 607 Å². The molecule has 568 valence electrons. The van der Waals surface area contributed by atoms with Gasteiger partial charge in [-0.3, -0.25) is 63.4 Å². The molecule has 24 N–H and O–H groups in total. The number of nitrogens with one attached hydrogen (secondary N) is 7. The Balaban J connectivity index is 0.000000963. The Morgan fingerprint density at radius 1 is 0.563 bits per heavy atom. The first-order valence-electron chi connectivity index (χ1n) is 35.1. The Hall–Kier alpha value is -9.60. The van der Waals surface area contributed by atoms with Crippen molar-refractivity contribution in [3.05, 3.63) is 108 Å². The van der Waals surface area contributed by atoms with E-state index in [0.29, 0.717) is 29.7 Å². The van der Waals surface area contributed by atoms with Gasteiger partial charge in [-0.2, -0.15) is 12.6 Å². The lowest BCUT2D eigenvalue weighted by Crippen LogP contribution is -2.59. The fourth-order valence-corrected chi connectivity index (χ4v) is 12.1. The van der Waals surface area contributed by atoms with Gasteiger partial charge in [0, 0.05) is 63.8 Å². The van der Waals surface area contributed by atoms with Crippen molar-refractivity contribution in [1.82, 2.24) is 47.0 Å². The molecule has 2 fully saturated rings. The maximum absolute atomic E-state index is 14.4. The topological polar surface area (TPSA) is 541 Å². The molecule has 0 saturated carbocycles. The van der Waals surface area contributed by atoms with Gasteiger partial charge >= 0.3 is 11.9 Å². The van der Waals surface area contributed by atoms with Gasteiger partial charge in [0.1, 0.15) is 48.3 Å². The van der Waals surface area contributed by atoms with Crippen LogP contribution in [-0.2, 0) is 60.8 Å². The third-order valence-corrected chi connectivity index (χ3v) is 17.5. The summed E-state index contributed by atoms with van der Waals surface area (Å²) in [6.45, 7) is 5.48. The lowest BCUT2D eigenvalue weighted by atomic mass is 9.99. The summed E-state index contributed by atoms with van der Waals surface area (Å²) in [5.74, 6) is -8.28. The molecule has 3 unspecified atom stereocenters. The number of β-amino-alcohol motifs (C(OH)–C–C–N with tert-alkyl or cyclic N) is 1. The molecule has 32 nitrogen and oxygen atoms in total. The molecule has 0 aliphatic carbocycles. The summed E-state index contributed by atoms with van der Waals surface area (Å²) in [7, 11) is 0. The number of carbonyl (C=O) groups excluding carboxylic acids is 8. The van der Waals surface area contributed by atoms with E-state index in [1.54, 1.807) is 60.7 Å². The van der Waals surface area contributed by atoms with Crippen LogP contribution in [0.5, 0.6) is 0 Å². The average molecular weight is 1460 g/mol. The number of likely N-dealkylation sites (tertiary alicyclic amines) is 2. The first kappa shape index (κ1) is 85.8. The van der Waals surface area contributed by atoms with Crippen LogP contribution in [0.3, 0.4) is 0 Å².